The molecule has 0 aromatic heterocycles. The normalized spacial score (nSPS) is 14.2. The topological polar surface area (TPSA) is 142 Å². The Morgan fingerprint density at radius 2 is 1.58 bits per heavy atom. The minimum atomic E-state index is -2.53. The summed E-state index contributed by atoms with van der Waals surface area (Å²) in [5.41, 5.74) is 6.69. The van der Waals surface area contributed by atoms with Crippen LogP contribution in [0.3, 0.4) is 0 Å². The van der Waals surface area contributed by atoms with Crippen molar-refractivity contribution in [1.29, 1.82) is 0 Å². The standard InChI is InChI=1S/C18H26N2O6/c1-16(2,3)26-13(21)10-17(4,18(19,20)14(22)23)15(24)25-11-12-8-6-5-7-9-12/h5-9H,10-11,19-20H2,1-4H3,(H,22,23). The summed E-state index contributed by atoms with van der Waals surface area (Å²) in [5.74, 6) is -3.45. The van der Waals surface area contributed by atoms with E-state index >= 15 is 0 Å². The third kappa shape index (κ3) is 5.27. The predicted octanol–water partition coefficient (Wildman–Crippen LogP) is 1.17. The van der Waals surface area contributed by atoms with E-state index in [-0.39, 0.29) is 6.61 Å². The maximum absolute atomic E-state index is 12.6. The molecule has 0 heterocycles. The molecule has 0 amide bonds. The van der Waals surface area contributed by atoms with Gasteiger partial charge in [-0.25, -0.2) is 4.79 Å². The van der Waals surface area contributed by atoms with Gasteiger partial charge in [0.05, 0.1) is 6.42 Å². The van der Waals surface area contributed by atoms with Gasteiger partial charge in [-0.05, 0) is 33.3 Å². The van der Waals surface area contributed by atoms with E-state index in [1.807, 2.05) is 0 Å². The summed E-state index contributed by atoms with van der Waals surface area (Å²) in [6.07, 6.45) is -0.642. The fraction of sp³-hybridized carbons (Fsp3) is 0.500. The Hall–Kier alpha value is -2.45. The number of hydrogen-bond donors (Lipinski definition) is 3. The smallest absolute Gasteiger partial charge is 0.339 e. The number of esters is 2. The van der Waals surface area contributed by atoms with Gasteiger partial charge in [0, 0.05) is 0 Å². The Kier molecular flexibility index (Phi) is 6.51. The second kappa shape index (κ2) is 7.84. The molecular weight excluding hydrogens is 340 g/mol. The maximum atomic E-state index is 12.6. The number of aliphatic carboxylic acids is 1. The average Bonchev–Trinajstić information content (AvgIpc) is 2.51. The van der Waals surface area contributed by atoms with Crippen molar-refractivity contribution in [3.63, 3.8) is 0 Å². The van der Waals surface area contributed by atoms with Crippen LogP contribution in [0, 0.1) is 5.41 Å². The Labute approximate surface area is 152 Å². The number of carbonyl (C=O) groups is 3. The van der Waals surface area contributed by atoms with Gasteiger partial charge in [-0.1, -0.05) is 30.3 Å². The van der Waals surface area contributed by atoms with E-state index in [2.05, 4.69) is 0 Å². The van der Waals surface area contributed by atoms with Crippen LogP contribution in [0.5, 0.6) is 0 Å². The molecule has 0 fully saturated rings. The molecule has 1 aromatic rings. The first-order chi connectivity index (χ1) is 11.8. The van der Waals surface area contributed by atoms with Crippen LogP contribution >= 0.6 is 0 Å². The van der Waals surface area contributed by atoms with Gasteiger partial charge >= 0.3 is 17.9 Å². The molecule has 0 aliphatic heterocycles. The van der Waals surface area contributed by atoms with Crippen LogP contribution in [0.2, 0.25) is 0 Å². The summed E-state index contributed by atoms with van der Waals surface area (Å²) in [7, 11) is 0. The zero-order valence-corrected chi connectivity index (χ0v) is 15.4. The highest BCUT2D eigenvalue weighted by molar-refractivity contribution is 5.92. The molecule has 0 aliphatic rings. The molecule has 0 bridgehead atoms. The van der Waals surface area contributed by atoms with E-state index in [0.717, 1.165) is 0 Å². The molecule has 26 heavy (non-hydrogen) atoms. The molecule has 0 radical (unpaired) electrons. The second-order valence-corrected chi connectivity index (χ2v) is 7.33. The zero-order chi connectivity index (χ0) is 20.2. The quantitative estimate of drug-likeness (QED) is 0.482. The lowest BCUT2D eigenvalue weighted by molar-refractivity contribution is -0.176. The second-order valence-electron chi connectivity index (χ2n) is 7.33. The molecule has 5 N–H and O–H groups in total. The van der Waals surface area contributed by atoms with Crippen molar-refractivity contribution in [3.05, 3.63) is 35.9 Å². The van der Waals surface area contributed by atoms with E-state index in [1.54, 1.807) is 51.1 Å². The van der Waals surface area contributed by atoms with Gasteiger partial charge in [0.2, 0.25) is 0 Å². The maximum Gasteiger partial charge on any atom is 0.339 e. The minimum absolute atomic E-state index is 0.112. The Morgan fingerprint density at radius 3 is 2.04 bits per heavy atom. The minimum Gasteiger partial charge on any atom is -0.479 e. The molecule has 1 unspecified atom stereocenters. The van der Waals surface area contributed by atoms with Crippen LogP contribution < -0.4 is 11.5 Å². The molecule has 0 spiro atoms. The van der Waals surface area contributed by atoms with E-state index < -0.39 is 41.0 Å². The van der Waals surface area contributed by atoms with Crippen LogP contribution in [0.15, 0.2) is 30.3 Å². The molecule has 0 aliphatic carbocycles. The molecule has 1 aromatic carbocycles. The van der Waals surface area contributed by atoms with Crippen LogP contribution in [-0.4, -0.2) is 34.3 Å². The first-order valence-electron chi connectivity index (χ1n) is 8.04. The fourth-order valence-corrected chi connectivity index (χ4v) is 2.17. The van der Waals surface area contributed by atoms with Crippen molar-refractivity contribution in [2.75, 3.05) is 0 Å². The van der Waals surface area contributed by atoms with E-state index in [9.17, 15) is 19.5 Å². The third-order valence-electron chi connectivity index (χ3n) is 3.85. The first kappa shape index (κ1) is 21.6. The highest BCUT2D eigenvalue weighted by Crippen LogP contribution is 2.33. The number of rotatable bonds is 7. The highest BCUT2D eigenvalue weighted by Gasteiger charge is 2.56. The number of carbonyl (C=O) groups excluding carboxylic acids is 2. The predicted molar refractivity (Wildman–Crippen MR) is 93.5 cm³/mol. The number of ether oxygens (including phenoxy) is 2. The van der Waals surface area contributed by atoms with Gasteiger partial charge in [0.15, 0.2) is 5.66 Å². The molecular formula is C18H26N2O6. The Balaban J connectivity index is 3.05. The summed E-state index contributed by atoms with van der Waals surface area (Å²) in [6.45, 7) is 6.00. The number of benzene rings is 1. The van der Waals surface area contributed by atoms with Crippen molar-refractivity contribution < 1.29 is 29.0 Å². The van der Waals surface area contributed by atoms with Gasteiger partial charge < -0.3 is 26.0 Å². The summed E-state index contributed by atoms with van der Waals surface area (Å²) in [6, 6.07) is 8.78. The first-order valence-corrected chi connectivity index (χ1v) is 8.04. The van der Waals surface area contributed by atoms with Crippen molar-refractivity contribution in [2.45, 2.75) is 52.0 Å². The van der Waals surface area contributed by atoms with Gasteiger partial charge in [0.25, 0.3) is 0 Å². The number of nitrogens with two attached hydrogens (primary N) is 2. The van der Waals surface area contributed by atoms with Crippen molar-refractivity contribution in [3.8, 4) is 0 Å². The van der Waals surface area contributed by atoms with Gasteiger partial charge in [0.1, 0.15) is 17.6 Å². The van der Waals surface area contributed by atoms with Crippen molar-refractivity contribution in [1.82, 2.24) is 0 Å². The molecule has 8 nitrogen and oxygen atoms in total. The lowest BCUT2D eigenvalue weighted by atomic mass is 9.74. The summed E-state index contributed by atoms with van der Waals surface area (Å²) in [4.78, 5) is 36.3. The summed E-state index contributed by atoms with van der Waals surface area (Å²) < 4.78 is 10.4. The lowest BCUT2D eigenvalue weighted by Gasteiger charge is -2.37. The molecule has 8 heteroatoms. The lowest BCUT2D eigenvalue weighted by Crippen LogP contribution is -2.70. The van der Waals surface area contributed by atoms with Crippen molar-refractivity contribution in [2.24, 2.45) is 16.9 Å². The number of carboxylic acid groups (broad SMARTS) is 1. The number of hydrogen-bond acceptors (Lipinski definition) is 7. The highest BCUT2D eigenvalue weighted by atomic mass is 16.6. The van der Waals surface area contributed by atoms with Gasteiger partial charge in [-0.3, -0.25) is 9.59 Å². The average molecular weight is 366 g/mol. The summed E-state index contributed by atoms with van der Waals surface area (Å²) >= 11 is 0. The van der Waals surface area contributed by atoms with E-state index in [1.165, 1.54) is 6.92 Å². The SMILES string of the molecule is CC(C)(C)OC(=O)CC(C)(C(=O)OCc1ccccc1)C(N)(N)C(=O)O. The zero-order valence-electron chi connectivity index (χ0n) is 15.4. The third-order valence-corrected chi connectivity index (χ3v) is 3.85. The largest absolute Gasteiger partial charge is 0.479 e. The van der Waals surface area contributed by atoms with Crippen LogP contribution in [0.1, 0.15) is 39.7 Å². The monoisotopic (exact) mass is 366 g/mol. The van der Waals surface area contributed by atoms with Crippen LogP contribution in [0.25, 0.3) is 0 Å². The summed E-state index contributed by atoms with van der Waals surface area (Å²) in [5, 5.41) is 9.35. The molecule has 1 atom stereocenters. The molecule has 144 valence electrons. The van der Waals surface area contributed by atoms with Crippen molar-refractivity contribution >= 4 is 17.9 Å². The van der Waals surface area contributed by atoms with Gasteiger partial charge in [-0.2, -0.15) is 0 Å². The van der Waals surface area contributed by atoms with Crippen LogP contribution in [0.4, 0.5) is 0 Å². The van der Waals surface area contributed by atoms with Crippen LogP contribution in [-0.2, 0) is 30.5 Å². The Morgan fingerprint density at radius 1 is 1.04 bits per heavy atom. The van der Waals surface area contributed by atoms with Gasteiger partial charge in [-0.15, -0.1) is 0 Å². The van der Waals surface area contributed by atoms with E-state index in [4.69, 9.17) is 20.9 Å². The Bertz CT molecular complexity index is 666. The molecule has 1 rings (SSSR count). The fourth-order valence-electron chi connectivity index (χ4n) is 2.17. The molecule has 0 saturated carbocycles. The van der Waals surface area contributed by atoms with E-state index in [0.29, 0.717) is 5.56 Å². The molecule has 0 saturated heterocycles. The number of carboxylic acids is 1.